The summed E-state index contributed by atoms with van der Waals surface area (Å²) in [4.78, 5) is 25.2. The first-order chi connectivity index (χ1) is 9.54. The van der Waals surface area contributed by atoms with Gasteiger partial charge in [-0.05, 0) is 47.2 Å². The quantitative estimate of drug-likeness (QED) is 0.568. The van der Waals surface area contributed by atoms with Crippen molar-refractivity contribution in [1.29, 1.82) is 0 Å². The topological polar surface area (TPSA) is 58.6 Å². The number of nitrogens with zero attached hydrogens (tertiary/aromatic N) is 1. The largest absolute Gasteiger partial charge is 0.385 e. The van der Waals surface area contributed by atoms with Crippen LogP contribution in [0.5, 0.6) is 0 Å². The number of hydrogen-bond donors (Lipinski definition) is 1. The molecule has 6 heteroatoms. The van der Waals surface area contributed by atoms with Gasteiger partial charge in [-0.25, -0.2) is 0 Å². The van der Waals surface area contributed by atoms with Crippen molar-refractivity contribution >= 4 is 34.4 Å². The van der Waals surface area contributed by atoms with E-state index in [1.165, 1.54) is 4.90 Å². The van der Waals surface area contributed by atoms with Gasteiger partial charge in [-0.15, -0.1) is 0 Å². The molecular weight excluding hydrogens is 371 g/mol. The van der Waals surface area contributed by atoms with E-state index in [0.29, 0.717) is 18.7 Å². The van der Waals surface area contributed by atoms with Crippen molar-refractivity contribution in [3.8, 4) is 0 Å². The van der Waals surface area contributed by atoms with Crippen molar-refractivity contribution in [2.75, 3.05) is 33.9 Å². The molecule has 0 radical (unpaired) electrons. The first-order valence-electron chi connectivity index (χ1n) is 6.31. The maximum Gasteiger partial charge on any atom is 0.254 e. The Hall–Kier alpha value is -1.15. The number of ether oxygens (including phenoxy) is 1. The van der Waals surface area contributed by atoms with Gasteiger partial charge in [0, 0.05) is 36.4 Å². The molecule has 0 atom stereocenters. The number of halogens is 1. The average Bonchev–Trinajstić information content (AvgIpc) is 2.42. The molecule has 5 nitrogen and oxygen atoms in total. The molecule has 0 heterocycles. The van der Waals surface area contributed by atoms with Crippen LogP contribution in [0.15, 0.2) is 24.3 Å². The van der Waals surface area contributed by atoms with E-state index in [1.54, 1.807) is 26.3 Å². The summed E-state index contributed by atoms with van der Waals surface area (Å²) in [5.41, 5.74) is 0.589. The van der Waals surface area contributed by atoms with E-state index in [1.807, 2.05) is 12.1 Å². The summed E-state index contributed by atoms with van der Waals surface area (Å²) < 4.78 is 5.89. The summed E-state index contributed by atoms with van der Waals surface area (Å²) in [7, 11) is 3.24. The van der Waals surface area contributed by atoms with Crippen LogP contribution in [-0.2, 0) is 9.53 Å². The predicted octanol–water partition coefficient (Wildman–Crippen LogP) is 1.52. The minimum absolute atomic E-state index is 0.0529. The van der Waals surface area contributed by atoms with Crippen molar-refractivity contribution < 1.29 is 14.3 Å². The number of hydrogen-bond acceptors (Lipinski definition) is 3. The SMILES string of the molecule is COCCCNC(=O)CN(C)C(=O)c1cccc(I)c1. The van der Waals surface area contributed by atoms with Gasteiger partial charge in [0.15, 0.2) is 0 Å². The first kappa shape index (κ1) is 16.9. The Morgan fingerprint density at radius 2 is 2.15 bits per heavy atom. The normalized spacial score (nSPS) is 10.2. The standard InChI is InChI=1S/C14H19IN2O3/c1-17(10-13(18)16-7-4-8-20-2)14(19)11-5-3-6-12(15)9-11/h3,5-6,9H,4,7-8,10H2,1-2H3,(H,16,18). The Morgan fingerprint density at radius 3 is 2.80 bits per heavy atom. The number of amides is 2. The van der Waals surface area contributed by atoms with Gasteiger partial charge >= 0.3 is 0 Å². The number of carbonyl (C=O) groups excluding carboxylic acids is 2. The first-order valence-corrected chi connectivity index (χ1v) is 7.39. The van der Waals surface area contributed by atoms with E-state index < -0.39 is 0 Å². The maximum atomic E-state index is 12.1. The molecule has 0 aliphatic carbocycles. The van der Waals surface area contributed by atoms with Crippen LogP contribution >= 0.6 is 22.6 Å². The van der Waals surface area contributed by atoms with Gasteiger partial charge in [0.25, 0.3) is 5.91 Å². The minimum Gasteiger partial charge on any atom is -0.385 e. The molecule has 110 valence electrons. The van der Waals surface area contributed by atoms with Gasteiger partial charge in [0.1, 0.15) is 0 Å². The molecule has 1 rings (SSSR count). The number of likely N-dealkylation sites (N-methyl/N-ethyl adjacent to an activating group) is 1. The lowest BCUT2D eigenvalue weighted by molar-refractivity contribution is -0.121. The van der Waals surface area contributed by atoms with E-state index >= 15 is 0 Å². The van der Waals surface area contributed by atoms with Crippen molar-refractivity contribution in [1.82, 2.24) is 10.2 Å². The zero-order valence-electron chi connectivity index (χ0n) is 11.7. The Morgan fingerprint density at radius 1 is 1.40 bits per heavy atom. The molecule has 0 bridgehead atoms. The third-order valence-electron chi connectivity index (χ3n) is 2.65. The second-order valence-corrected chi connectivity index (χ2v) is 5.61. The highest BCUT2D eigenvalue weighted by atomic mass is 127. The summed E-state index contributed by atoms with van der Waals surface area (Å²) >= 11 is 2.15. The zero-order chi connectivity index (χ0) is 15.0. The van der Waals surface area contributed by atoms with Gasteiger partial charge in [0.05, 0.1) is 6.54 Å². The number of rotatable bonds is 7. The number of methoxy groups -OCH3 is 1. The molecule has 0 fully saturated rings. The lowest BCUT2D eigenvalue weighted by Gasteiger charge is -2.17. The maximum absolute atomic E-state index is 12.1. The molecule has 0 spiro atoms. The van der Waals surface area contributed by atoms with Gasteiger partial charge in [0.2, 0.25) is 5.91 Å². The smallest absolute Gasteiger partial charge is 0.254 e. The minimum atomic E-state index is -0.164. The van der Waals surface area contributed by atoms with E-state index in [0.717, 1.165) is 9.99 Å². The number of benzene rings is 1. The van der Waals surface area contributed by atoms with Crippen LogP contribution < -0.4 is 5.32 Å². The third kappa shape index (κ3) is 5.87. The molecule has 1 aromatic carbocycles. The van der Waals surface area contributed by atoms with Crippen LogP contribution in [0, 0.1) is 3.57 Å². The Kier molecular flexibility index (Phi) is 7.53. The monoisotopic (exact) mass is 390 g/mol. The molecule has 20 heavy (non-hydrogen) atoms. The van der Waals surface area contributed by atoms with Crippen molar-refractivity contribution in [2.45, 2.75) is 6.42 Å². The lowest BCUT2D eigenvalue weighted by atomic mass is 10.2. The van der Waals surface area contributed by atoms with Crippen LogP contribution in [0.2, 0.25) is 0 Å². The summed E-state index contributed by atoms with van der Waals surface area (Å²) in [5, 5.41) is 2.75. The van der Waals surface area contributed by atoms with Crippen LogP contribution in [0.4, 0.5) is 0 Å². The Bertz CT molecular complexity index is 465. The fourth-order valence-electron chi connectivity index (χ4n) is 1.63. The fraction of sp³-hybridized carbons (Fsp3) is 0.429. The highest BCUT2D eigenvalue weighted by molar-refractivity contribution is 14.1. The lowest BCUT2D eigenvalue weighted by Crippen LogP contribution is -2.38. The van der Waals surface area contributed by atoms with Gasteiger partial charge in [-0.2, -0.15) is 0 Å². The molecule has 0 unspecified atom stereocenters. The number of nitrogens with one attached hydrogen (secondary N) is 1. The van der Waals surface area contributed by atoms with Gasteiger partial charge in [-0.3, -0.25) is 9.59 Å². The molecule has 0 aliphatic heterocycles. The summed E-state index contributed by atoms with van der Waals surface area (Å²) in [5.74, 6) is -0.321. The van der Waals surface area contributed by atoms with Crippen LogP contribution in [0.1, 0.15) is 16.8 Å². The zero-order valence-corrected chi connectivity index (χ0v) is 13.8. The summed E-state index contributed by atoms with van der Waals surface area (Å²) in [6, 6.07) is 7.29. The Balaban J connectivity index is 2.43. The molecule has 1 aromatic rings. The molecule has 0 saturated heterocycles. The van der Waals surface area contributed by atoms with Crippen molar-refractivity contribution in [3.05, 3.63) is 33.4 Å². The molecule has 2 amide bonds. The molecule has 0 aromatic heterocycles. The average molecular weight is 390 g/mol. The van der Waals surface area contributed by atoms with Gasteiger partial charge < -0.3 is 15.0 Å². The van der Waals surface area contributed by atoms with E-state index in [4.69, 9.17) is 4.74 Å². The number of carbonyl (C=O) groups is 2. The summed E-state index contributed by atoms with van der Waals surface area (Å²) in [6.07, 6.45) is 0.761. The van der Waals surface area contributed by atoms with Gasteiger partial charge in [-0.1, -0.05) is 6.07 Å². The Labute approximate surface area is 132 Å². The van der Waals surface area contributed by atoms with E-state index in [9.17, 15) is 9.59 Å². The highest BCUT2D eigenvalue weighted by Crippen LogP contribution is 2.09. The fourth-order valence-corrected chi connectivity index (χ4v) is 2.17. The van der Waals surface area contributed by atoms with E-state index in [-0.39, 0.29) is 18.4 Å². The second-order valence-electron chi connectivity index (χ2n) is 4.37. The third-order valence-corrected chi connectivity index (χ3v) is 3.32. The molecule has 1 N–H and O–H groups in total. The molecular formula is C14H19IN2O3. The van der Waals surface area contributed by atoms with Crippen LogP contribution in [0.25, 0.3) is 0 Å². The predicted molar refractivity (Wildman–Crippen MR) is 85.6 cm³/mol. The molecule has 0 saturated carbocycles. The van der Waals surface area contributed by atoms with Crippen molar-refractivity contribution in [3.63, 3.8) is 0 Å². The summed E-state index contributed by atoms with van der Waals surface area (Å²) in [6.45, 7) is 1.22. The van der Waals surface area contributed by atoms with Crippen LogP contribution in [0.3, 0.4) is 0 Å². The van der Waals surface area contributed by atoms with Crippen LogP contribution in [-0.4, -0.2) is 50.6 Å². The van der Waals surface area contributed by atoms with Crippen molar-refractivity contribution in [2.24, 2.45) is 0 Å². The molecule has 0 aliphatic rings. The second kappa shape index (κ2) is 8.91. The highest BCUT2D eigenvalue weighted by Gasteiger charge is 2.14. The van der Waals surface area contributed by atoms with E-state index in [2.05, 4.69) is 27.9 Å².